The van der Waals surface area contributed by atoms with E-state index >= 15 is 0 Å². The van der Waals surface area contributed by atoms with Crippen LogP contribution in [-0.2, 0) is 4.79 Å². The van der Waals surface area contributed by atoms with Gasteiger partial charge in [0.05, 0.1) is 5.56 Å². The van der Waals surface area contributed by atoms with Crippen molar-refractivity contribution in [2.75, 3.05) is 0 Å². The molecule has 0 atom stereocenters. The van der Waals surface area contributed by atoms with Crippen LogP contribution in [0.5, 0.6) is 5.75 Å². The summed E-state index contributed by atoms with van der Waals surface area (Å²) in [7, 11) is 0. The standard InChI is InChI=1S/C10H9NO2/c1-2-10(12)13-9-6-4-3-5-8(9)7-11/h3-6H,2H2,1H3. The van der Waals surface area contributed by atoms with Crippen LogP contribution in [0.25, 0.3) is 0 Å². The number of carbonyl (C=O) groups excluding carboxylic acids is 1. The summed E-state index contributed by atoms with van der Waals surface area (Å²) >= 11 is 0. The van der Waals surface area contributed by atoms with Crippen LogP contribution in [0, 0.1) is 11.3 Å². The summed E-state index contributed by atoms with van der Waals surface area (Å²) in [6, 6.07) is 8.61. The molecule has 0 heterocycles. The first kappa shape index (κ1) is 9.27. The molecule has 13 heavy (non-hydrogen) atoms. The van der Waals surface area contributed by atoms with Crippen molar-refractivity contribution in [1.82, 2.24) is 0 Å². The van der Waals surface area contributed by atoms with E-state index in [1.165, 1.54) is 0 Å². The predicted octanol–water partition coefficient (Wildman–Crippen LogP) is 1.87. The molecule has 0 bridgehead atoms. The Morgan fingerprint density at radius 1 is 1.54 bits per heavy atom. The summed E-state index contributed by atoms with van der Waals surface area (Å²) in [5.74, 6) is -0.000417. The summed E-state index contributed by atoms with van der Waals surface area (Å²) in [6.45, 7) is 1.71. The van der Waals surface area contributed by atoms with Crippen LogP contribution in [-0.4, -0.2) is 5.97 Å². The van der Waals surface area contributed by atoms with Gasteiger partial charge in [0.2, 0.25) is 0 Å². The van der Waals surface area contributed by atoms with Gasteiger partial charge in [0.1, 0.15) is 11.8 Å². The first-order valence-corrected chi connectivity index (χ1v) is 3.97. The zero-order chi connectivity index (χ0) is 9.68. The molecule has 0 radical (unpaired) electrons. The Balaban J connectivity index is 2.89. The summed E-state index contributed by atoms with van der Waals surface area (Å²) in [5.41, 5.74) is 0.379. The predicted molar refractivity (Wildman–Crippen MR) is 47.1 cm³/mol. The van der Waals surface area contributed by atoms with Gasteiger partial charge in [-0.05, 0) is 12.1 Å². The van der Waals surface area contributed by atoms with Crippen molar-refractivity contribution in [1.29, 1.82) is 5.26 Å². The fraction of sp³-hybridized carbons (Fsp3) is 0.200. The van der Waals surface area contributed by atoms with E-state index in [9.17, 15) is 4.79 Å². The van der Waals surface area contributed by atoms with Gasteiger partial charge in [-0.1, -0.05) is 19.1 Å². The van der Waals surface area contributed by atoms with Gasteiger partial charge < -0.3 is 4.74 Å². The lowest BCUT2D eigenvalue weighted by Crippen LogP contribution is -2.06. The Morgan fingerprint density at radius 3 is 2.85 bits per heavy atom. The van der Waals surface area contributed by atoms with Gasteiger partial charge in [-0.3, -0.25) is 4.79 Å². The molecule has 3 nitrogen and oxygen atoms in total. The molecule has 0 fully saturated rings. The molecule has 0 N–H and O–H groups in total. The normalized spacial score (nSPS) is 8.92. The van der Waals surface area contributed by atoms with E-state index < -0.39 is 0 Å². The second kappa shape index (κ2) is 4.27. The van der Waals surface area contributed by atoms with Gasteiger partial charge in [0.15, 0.2) is 0 Å². The van der Waals surface area contributed by atoms with Crippen LogP contribution in [0.2, 0.25) is 0 Å². The highest BCUT2D eigenvalue weighted by Crippen LogP contribution is 2.16. The number of benzene rings is 1. The largest absolute Gasteiger partial charge is 0.425 e. The molecule has 0 aromatic heterocycles. The molecule has 1 rings (SSSR count). The number of hydrogen-bond donors (Lipinski definition) is 0. The maximum atomic E-state index is 10.9. The number of ether oxygens (including phenoxy) is 1. The lowest BCUT2D eigenvalue weighted by atomic mass is 10.2. The average molecular weight is 175 g/mol. The molecule has 0 aliphatic carbocycles. The molecular formula is C10H9NO2. The van der Waals surface area contributed by atoms with Crippen molar-refractivity contribution in [3.63, 3.8) is 0 Å². The SMILES string of the molecule is CCC(=O)Oc1ccccc1C#N. The maximum Gasteiger partial charge on any atom is 0.310 e. The molecule has 0 aliphatic rings. The van der Waals surface area contributed by atoms with Crippen LogP contribution in [0.3, 0.4) is 0 Å². The highest BCUT2D eigenvalue weighted by molar-refractivity contribution is 5.72. The third-order valence-corrected chi connectivity index (χ3v) is 1.52. The highest BCUT2D eigenvalue weighted by Gasteiger charge is 2.05. The van der Waals surface area contributed by atoms with Crippen molar-refractivity contribution in [2.45, 2.75) is 13.3 Å². The van der Waals surface area contributed by atoms with Crippen molar-refractivity contribution in [3.05, 3.63) is 29.8 Å². The van der Waals surface area contributed by atoms with Gasteiger partial charge >= 0.3 is 5.97 Å². The summed E-state index contributed by atoms with van der Waals surface area (Å²) in [4.78, 5) is 10.9. The first-order chi connectivity index (χ1) is 6.27. The zero-order valence-corrected chi connectivity index (χ0v) is 7.28. The minimum atomic E-state index is -0.331. The van der Waals surface area contributed by atoms with Gasteiger partial charge in [0.25, 0.3) is 0 Å². The Kier molecular flexibility index (Phi) is 3.04. The van der Waals surface area contributed by atoms with E-state index in [-0.39, 0.29) is 5.97 Å². The molecule has 0 spiro atoms. The van der Waals surface area contributed by atoms with Gasteiger partial charge in [-0.15, -0.1) is 0 Å². The Hall–Kier alpha value is -1.82. The van der Waals surface area contributed by atoms with E-state index in [4.69, 9.17) is 10.00 Å². The molecule has 0 amide bonds. The molecule has 0 unspecified atom stereocenters. The molecule has 66 valence electrons. The topological polar surface area (TPSA) is 50.1 Å². The smallest absolute Gasteiger partial charge is 0.310 e. The number of nitriles is 1. The summed E-state index contributed by atoms with van der Waals surface area (Å²) in [6.07, 6.45) is 0.305. The number of esters is 1. The number of hydrogen-bond acceptors (Lipinski definition) is 3. The lowest BCUT2D eigenvalue weighted by molar-refractivity contribution is -0.134. The van der Waals surface area contributed by atoms with E-state index in [1.807, 2.05) is 6.07 Å². The van der Waals surface area contributed by atoms with E-state index in [2.05, 4.69) is 0 Å². The van der Waals surface area contributed by atoms with Gasteiger partial charge in [-0.2, -0.15) is 5.26 Å². The minimum absolute atomic E-state index is 0.305. The van der Waals surface area contributed by atoms with E-state index in [0.29, 0.717) is 17.7 Å². The van der Waals surface area contributed by atoms with Gasteiger partial charge in [0, 0.05) is 6.42 Å². The van der Waals surface area contributed by atoms with Gasteiger partial charge in [-0.25, -0.2) is 0 Å². The maximum absolute atomic E-state index is 10.9. The molecule has 3 heteroatoms. The fourth-order valence-electron chi connectivity index (χ4n) is 0.843. The summed E-state index contributed by atoms with van der Waals surface area (Å²) < 4.78 is 4.92. The van der Waals surface area contributed by atoms with Crippen molar-refractivity contribution < 1.29 is 9.53 Å². The van der Waals surface area contributed by atoms with Crippen molar-refractivity contribution in [3.8, 4) is 11.8 Å². The monoisotopic (exact) mass is 175 g/mol. The van der Waals surface area contributed by atoms with Crippen molar-refractivity contribution >= 4 is 5.97 Å². The average Bonchev–Trinajstić information content (AvgIpc) is 2.18. The fourth-order valence-corrected chi connectivity index (χ4v) is 0.843. The Morgan fingerprint density at radius 2 is 2.23 bits per heavy atom. The number of para-hydroxylation sites is 1. The number of nitrogens with zero attached hydrogens (tertiary/aromatic N) is 1. The molecule has 1 aromatic carbocycles. The molecular weight excluding hydrogens is 166 g/mol. The second-order valence-electron chi connectivity index (χ2n) is 2.44. The van der Waals surface area contributed by atoms with Crippen LogP contribution in [0.4, 0.5) is 0 Å². The Labute approximate surface area is 76.6 Å². The molecule has 0 saturated heterocycles. The molecule has 0 aliphatic heterocycles. The highest BCUT2D eigenvalue weighted by atomic mass is 16.5. The lowest BCUT2D eigenvalue weighted by Gasteiger charge is -2.02. The third kappa shape index (κ3) is 2.31. The molecule has 0 saturated carbocycles. The van der Waals surface area contributed by atoms with Crippen LogP contribution >= 0.6 is 0 Å². The first-order valence-electron chi connectivity index (χ1n) is 3.97. The Bertz CT molecular complexity index is 352. The number of rotatable bonds is 2. The quantitative estimate of drug-likeness (QED) is 0.509. The van der Waals surface area contributed by atoms with E-state index in [0.717, 1.165) is 0 Å². The number of carbonyl (C=O) groups is 1. The third-order valence-electron chi connectivity index (χ3n) is 1.52. The van der Waals surface area contributed by atoms with Crippen molar-refractivity contribution in [2.24, 2.45) is 0 Å². The zero-order valence-electron chi connectivity index (χ0n) is 7.28. The summed E-state index contributed by atoms with van der Waals surface area (Å²) in [5, 5.41) is 8.66. The molecule has 1 aromatic rings. The van der Waals surface area contributed by atoms with E-state index in [1.54, 1.807) is 31.2 Å². The second-order valence-corrected chi connectivity index (χ2v) is 2.44. The minimum Gasteiger partial charge on any atom is -0.425 e. The van der Waals surface area contributed by atoms with Crippen LogP contribution in [0.1, 0.15) is 18.9 Å². The van der Waals surface area contributed by atoms with Crippen LogP contribution < -0.4 is 4.74 Å². The van der Waals surface area contributed by atoms with Crippen LogP contribution in [0.15, 0.2) is 24.3 Å².